The van der Waals surface area contributed by atoms with Crippen LogP contribution in [0, 0.1) is 17.9 Å². The van der Waals surface area contributed by atoms with Gasteiger partial charge in [-0.1, -0.05) is 42.2 Å². The van der Waals surface area contributed by atoms with Gasteiger partial charge in [0.1, 0.15) is 11.2 Å². The van der Waals surface area contributed by atoms with E-state index in [1.165, 1.54) is 0 Å². The van der Waals surface area contributed by atoms with Crippen LogP contribution in [-0.2, 0) is 0 Å². The summed E-state index contributed by atoms with van der Waals surface area (Å²) in [6, 6.07) is 24.8. The Balaban J connectivity index is 1.84. The van der Waals surface area contributed by atoms with Crippen molar-refractivity contribution in [1.29, 1.82) is 0 Å². The summed E-state index contributed by atoms with van der Waals surface area (Å²) in [4.78, 5) is 0. The SMILES string of the molecule is C(#Cc1ccc2oc3ccccc3c2c1)c1cc[c]cc1. The molecular weight excluding hydrogens is 256 g/mol. The molecule has 0 fully saturated rings. The Morgan fingerprint density at radius 2 is 1.48 bits per heavy atom. The van der Waals surface area contributed by atoms with Gasteiger partial charge >= 0.3 is 0 Å². The lowest BCUT2D eigenvalue weighted by molar-refractivity contribution is 0.669. The topological polar surface area (TPSA) is 13.1 Å². The molecule has 4 rings (SSSR count). The number of hydrogen-bond donors (Lipinski definition) is 0. The fraction of sp³-hybridized carbons (Fsp3) is 0. The predicted octanol–water partition coefficient (Wildman–Crippen LogP) is 4.79. The first-order valence-electron chi connectivity index (χ1n) is 6.79. The summed E-state index contributed by atoms with van der Waals surface area (Å²) in [5.41, 5.74) is 3.79. The van der Waals surface area contributed by atoms with E-state index in [0.717, 1.165) is 33.1 Å². The molecule has 0 aliphatic carbocycles. The number of benzene rings is 3. The van der Waals surface area contributed by atoms with Gasteiger partial charge in [-0.2, -0.15) is 0 Å². The summed E-state index contributed by atoms with van der Waals surface area (Å²) in [6.45, 7) is 0. The minimum atomic E-state index is 0.899. The van der Waals surface area contributed by atoms with Crippen molar-refractivity contribution < 1.29 is 4.42 Å². The molecule has 21 heavy (non-hydrogen) atoms. The minimum absolute atomic E-state index is 0.899. The first-order valence-corrected chi connectivity index (χ1v) is 6.79. The van der Waals surface area contributed by atoms with E-state index >= 15 is 0 Å². The van der Waals surface area contributed by atoms with Gasteiger partial charge in [-0.15, -0.1) is 0 Å². The van der Waals surface area contributed by atoms with Gasteiger partial charge in [-0.3, -0.25) is 0 Å². The maximum Gasteiger partial charge on any atom is 0.135 e. The first kappa shape index (κ1) is 11.8. The largest absolute Gasteiger partial charge is 0.456 e. The molecule has 1 radical (unpaired) electrons. The van der Waals surface area contributed by atoms with Crippen molar-refractivity contribution in [3.8, 4) is 11.8 Å². The molecule has 0 spiro atoms. The number of rotatable bonds is 0. The van der Waals surface area contributed by atoms with Gasteiger partial charge in [0.15, 0.2) is 0 Å². The Labute approximate surface area is 122 Å². The van der Waals surface area contributed by atoms with Gasteiger partial charge in [-0.05, 0) is 42.5 Å². The highest BCUT2D eigenvalue weighted by molar-refractivity contribution is 6.05. The predicted molar refractivity (Wildman–Crippen MR) is 85.0 cm³/mol. The molecule has 0 saturated carbocycles. The zero-order valence-corrected chi connectivity index (χ0v) is 11.3. The quantitative estimate of drug-likeness (QED) is 0.418. The second-order valence-electron chi connectivity index (χ2n) is 4.85. The van der Waals surface area contributed by atoms with E-state index in [2.05, 4.69) is 30.0 Å². The molecule has 1 heterocycles. The average molecular weight is 267 g/mol. The number of fused-ring (bicyclic) bond motifs is 3. The molecule has 0 bridgehead atoms. The molecule has 97 valence electrons. The van der Waals surface area contributed by atoms with Crippen LogP contribution in [-0.4, -0.2) is 0 Å². The van der Waals surface area contributed by atoms with E-state index in [0.29, 0.717) is 0 Å². The molecular formula is C20H11O. The maximum atomic E-state index is 5.82. The van der Waals surface area contributed by atoms with E-state index in [1.54, 1.807) is 0 Å². The maximum absolute atomic E-state index is 5.82. The molecule has 0 N–H and O–H groups in total. The second kappa shape index (κ2) is 4.85. The molecule has 4 aromatic rings. The van der Waals surface area contributed by atoms with Crippen LogP contribution in [0.15, 0.2) is 71.1 Å². The number of para-hydroxylation sites is 1. The Hall–Kier alpha value is -2.98. The Morgan fingerprint density at radius 3 is 2.38 bits per heavy atom. The van der Waals surface area contributed by atoms with Gasteiger partial charge < -0.3 is 4.42 Å². The first-order chi connectivity index (χ1) is 10.4. The Bertz CT molecular complexity index is 982. The highest BCUT2D eigenvalue weighted by Gasteiger charge is 2.05. The number of hydrogen-bond acceptors (Lipinski definition) is 1. The third-order valence-electron chi connectivity index (χ3n) is 3.45. The van der Waals surface area contributed by atoms with Crippen molar-refractivity contribution in [2.45, 2.75) is 0 Å². The van der Waals surface area contributed by atoms with Crippen LogP contribution in [0.25, 0.3) is 21.9 Å². The van der Waals surface area contributed by atoms with Crippen LogP contribution < -0.4 is 0 Å². The summed E-state index contributed by atoms with van der Waals surface area (Å²) in [7, 11) is 0. The molecule has 0 atom stereocenters. The van der Waals surface area contributed by atoms with Crippen molar-refractivity contribution in [3.05, 3.63) is 83.9 Å². The fourth-order valence-corrected chi connectivity index (χ4v) is 2.42. The third kappa shape index (κ3) is 2.17. The van der Waals surface area contributed by atoms with Crippen LogP contribution >= 0.6 is 0 Å². The molecule has 0 saturated heterocycles. The van der Waals surface area contributed by atoms with Gasteiger partial charge in [0.2, 0.25) is 0 Å². The van der Waals surface area contributed by atoms with Crippen molar-refractivity contribution >= 4 is 21.9 Å². The normalized spacial score (nSPS) is 10.5. The van der Waals surface area contributed by atoms with Gasteiger partial charge in [0, 0.05) is 21.9 Å². The van der Waals surface area contributed by atoms with Crippen LogP contribution in [0.2, 0.25) is 0 Å². The average Bonchev–Trinajstić information content (AvgIpc) is 2.92. The molecule has 1 nitrogen and oxygen atoms in total. The summed E-state index contributed by atoms with van der Waals surface area (Å²) in [5.74, 6) is 6.37. The van der Waals surface area contributed by atoms with Gasteiger partial charge in [-0.25, -0.2) is 0 Å². The lowest BCUT2D eigenvalue weighted by Gasteiger charge is -1.92. The molecule has 3 aromatic carbocycles. The minimum Gasteiger partial charge on any atom is -0.456 e. The molecule has 0 aliphatic heterocycles. The summed E-state index contributed by atoms with van der Waals surface area (Å²) in [6.07, 6.45) is 0. The van der Waals surface area contributed by atoms with E-state index in [1.807, 2.05) is 54.6 Å². The van der Waals surface area contributed by atoms with Crippen LogP contribution in [0.1, 0.15) is 11.1 Å². The van der Waals surface area contributed by atoms with Crippen LogP contribution in [0.4, 0.5) is 0 Å². The lowest BCUT2D eigenvalue weighted by Crippen LogP contribution is -1.76. The van der Waals surface area contributed by atoms with Gasteiger partial charge in [0.05, 0.1) is 0 Å². The zero-order valence-electron chi connectivity index (χ0n) is 11.3. The molecule has 1 aromatic heterocycles. The highest BCUT2D eigenvalue weighted by Crippen LogP contribution is 2.28. The van der Waals surface area contributed by atoms with Crippen molar-refractivity contribution in [1.82, 2.24) is 0 Å². The van der Waals surface area contributed by atoms with E-state index < -0.39 is 0 Å². The van der Waals surface area contributed by atoms with E-state index in [4.69, 9.17) is 4.42 Å². The molecule has 0 amide bonds. The summed E-state index contributed by atoms with van der Waals surface area (Å²) < 4.78 is 5.82. The second-order valence-corrected chi connectivity index (χ2v) is 4.85. The van der Waals surface area contributed by atoms with Crippen molar-refractivity contribution in [2.75, 3.05) is 0 Å². The van der Waals surface area contributed by atoms with Crippen LogP contribution in [0.3, 0.4) is 0 Å². The van der Waals surface area contributed by atoms with Crippen molar-refractivity contribution in [3.63, 3.8) is 0 Å². The third-order valence-corrected chi connectivity index (χ3v) is 3.45. The highest BCUT2D eigenvalue weighted by atomic mass is 16.3. The lowest BCUT2D eigenvalue weighted by atomic mass is 10.1. The van der Waals surface area contributed by atoms with E-state index in [-0.39, 0.29) is 0 Å². The summed E-state index contributed by atoms with van der Waals surface area (Å²) in [5, 5.41) is 2.24. The zero-order chi connectivity index (χ0) is 14.1. The molecule has 0 aliphatic rings. The number of furan rings is 1. The van der Waals surface area contributed by atoms with Crippen LogP contribution in [0.5, 0.6) is 0 Å². The molecule has 1 heteroatoms. The van der Waals surface area contributed by atoms with E-state index in [9.17, 15) is 0 Å². The fourth-order valence-electron chi connectivity index (χ4n) is 2.42. The molecule has 0 unspecified atom stereocenters. The van der Waals surface area contributed by atoms with Crippen molar-refractivity contribution in [2.24, 2.45) is 0 Å². The Kier molecular flexibility index (Phi) is 2.73. The Morgan fingerprint density at radius 1 is 0.714 bits per heavy atom. The smallest absolute Gasteiger partial charge is 0.135 e. The standard InChI is InChI=1S/C20H11O/c1-2-6-15(7-3-1)10-11-16-12-13-20-18(14-16)17-8-4-5-9-19(17)21-20/h2-9,12-14H. The van der Waals surface area contributed by atoms with Gasteiger partial charge in [0.25, 0.3) is 0 Å². The summed E-state index contributed by atoms with van der Waals surface area (Å²) >= 11 is 0. The monoisotopic (exact) mass is 267 g/mol.